The van der Waals surface area contributed by atoms with Crippen molar-refractivity contribution < 1.29 is 18.8 Å². The highest BCUT2D eigenvalue weighted by atomic mass is 32.1. The quantitative estimate of drug-likeness (QED) is 0.641. The van der Waals surface area contributed by atoms with Crippen LogP contribution >= 0.6 is 11.3 Å². The van der Waals surface area contributed by atoms with Gasteiger partial charge in [0.1, 0.15) is 0 Å². The first-order valence-corrected chi connectivity index (χ1v) is 10.3. The van der Waals surface area contributed by atoms with Gasteiger partial charge < -0.3 is 19.5 Å². The number of piperidine rings is 1. The lowest BCUT2D eigenvalue weighted by molar-refractivity contribution is -0.152. The highest BCUT2D eigenvalue weighted by Crippen LogP contribution is 2.21. The van der Waals surface area contributed by atoms with Crippen LogP contribution in [0.25, 0.3) is 11.4 Å². The van der Waals surface area contributed by atoms with Gasteiger partial charge in [-0.3, -0.25) is 4.79 Å². The van der Waals surface area contributed by atoms with Crippen molar-refractivity contribution in [2.24, 2.45) is 5.92 Å². The number of ether oxygens (including phenoxy) is 1. The van der Waals surface area contributed by atoms with Crippen molar-refractivity contribution in [3.8, 4) is 11.4 Å². The van der Waals surface area contributed by atoms with Crippen LogP contribution in [0.5, 0.6) is 0 Å². The molecule has 2 amide bonds. The number of anilines is 1. The van der Waals surface area contributed by atoms with E-state index in [0.29, 0.717) is 31.8 Å². The third-order valence-corrected chi connectivity index (χ3v) is 5.41. The molecule has 1 N–H and O–H groups in total. The number of likely N-dealkylation sites (tertiary alicyclic amines) is 1. The lowest BCUT2D eigenvalue weighted by Gasteiger charge is -2.30. The fourth-order valence-corrected chi connectivity index (χ4v) is 3.75. The third kappa shape index (κ3) is 4.80. The average Bonchev–Trinajstić information content (AvgIpc) is 3.45. The van der Waals surface area contributed by atoms with Gasteiger partial charge in [0.15, 0.2) is 6.61 Å². The van der Waals surface area contributed by atoms with Crippen LogP contribution < -0.4 is 5.32 Å². The Balaban J connectivity index is 1.22. The van der Waals surface area contributed by atoms with Gasteiger partial charge in [0.25, 0.3) is 5.89 Å². The summed E-state index contributed by atoms with van der Waals surface area (Å²) in [5.41, 5.74) is 1.62. The first-order chi connectivity index (χ1) is 14.2. The van der Waals surface area contributed by atoms with Crippen molar-refractivity contribution >= 4 is 29.0 Å². The number of esters is 1. The van der Waals surface area contributed by atoms with E-state index in [1.807, 2.05) is 47.2 Å². The number of urea groups is 1. The number of benzene rings is 1. The number of hydrogen-bond acceptors (Lipinski definition) is 7. The normalized spacial score (nSPS) is 14.6. The molecular weight excluding hydrogens is 392 g/mol. The highest BCUT2D eigenvalue weighted by molar-refractivity contribution is 7.08. The summed E-state index contributed by atoms with van der Waals surface area (Å²) in [6.45, 7) is 0.952. The standard InChI is InChI=1S/C20H20N4O4S/c25-19(27-12-17-22-18(23-28-17)15-8-11-29-13-15)14-6-9-24(10-7-14)20(26)21-16-4-2-1-3-5-16/h1-5,8,11,13-14H,6-7,9-10,12H2,(H,21,26). The summed E-state index contributed by atoms with van der Waals surface area (Å²) in [7, 11) is 0. The molecular formula is C20H20N4O4S. The second-order valence-electron chi connectivity index (χ2n) is 6.69. The lowest BCUT2D eigenvalue weighted by Crippen LogP contribution is -2.42. The number of amides is 2. The van der Waals surface area contributed by atoms with Crippen molar-refractivity contribution in [3.63, 3.8) is 0 Å². The molecule has 0 spiro atoms. The molecule has 0 bridgehead atoms. The number of nitrogens with zero attached hydrogens (tertiary/aromatic N) is 3. The van der Waals surface area contributed by atoms with Crippen LogP contribution in [0.1, 0.15) is 18.7 Å². The minimum atomic E-state index is -0.302. The van der Waals surface area contributed by atoms with Crippen LogP contribution in [0.15, 0.2) is 51.7 Å². The fourth-order valence-electron chi connectivity index (χ4n) is 3.12. The van der Waals surface area contributed by atoms with E-state index in [2.05, 4.69) is 15.5 Å². The van der Waals surface area contributed by atoms with Crippen LogP contribution in [-0.2, 0) is 16.1 Å². The molecule has 1 aliphatic heterocycles. The highest BCUT2D eigenvalue weighted by Gasteiger charge is 2.28. The first kappa shape index (κ1) is 19.1. The van der Waals surface area contributed by atoms with E-state index in [-0.39, 0.29) is 30.4 Å². The summed E-state index contributed by atoms with van der Waals surface area (Å²) in [6, 6.07) is 11.0. The van der Waals surface area contributed by atoms with Crippen molar-refractivity contribution in [1.29, 1.82) is 0 Å². The van der Waals surface area contributed by atoms with Crippen LogP contribution in [0.2, 0.25) is 0 Å². The van der Waals surface area contributed by atoms with Gasteiger partial charge in [-0.1, -0.05) is 23.4 Å². The number of hydrogen-bond donors (Lipinski definition) is 1. The van der Waals surface area contributed by atoms with Crippen molar-refractivity contribution in [3.05, 3.63) is 53.0 Å². The predicted octanol–water partition coefficient (Wildman–Crippen LogP) is 3.79. The Morgan fingerprint density at radius 1 is 1.21 bits per heavy atom. The summed E-state index contributed by atoms with van der Waals surface area (Å²) < 4.78 is 10.5. The zero-order valence-electron chi connectivity index (χ0n) is 15.6. The van der Waals surface area contributed by atoms with Crippen LogP contribution in [-0.4, -0.2) is 40.1 Å². The second kappa shape index (κ2) is 8.87. The lowest BCUT2D eigenvalue weighted by atomic mass is 9.97. The number of carbonyl (C=O) groups is 2. The van der Waals surface area contributed by atoms with E-state index in [4.69, 9.17) is 9.26 Å². The molecule has 1 aromatic carbocycles. The minimum Gasteiger partial charge on any atom is -0.455 e. The van der Waals surface area contributed by atoms with Gasteiger partial charge >= 0.3 is 12.0 Å². The maximum atomic E-state index is 12.3. The second-order valence-corrected chi connectivity index (χ2v) is 7.47. The van der Waals surface area contributed by atoms with Crippen molar-refractivity contribution in [2.45, 2.75) is 19.4 Å². The van der Waals surface area contributed by atoms with Crippen molar-refractivity contribution in [2.75, 3.05) is 18.4 Å². The monoisotopic (exact) mass is 412 g/mol. The number of thiophene rings is 1. The van der Waals surface area contributed by atoms with E-state index in [1.54, 1.807) is 16.2 Å². The van der Waals surface area contributed by atoms with E-state index in [1.165, 1.54) is 0 Å². The number of rotatable bonds is 5. The molecule has 4 rings (SSSR count). The largest absolute Gasteiger partial charge is 0.455 e. The van der Waals surface area contributed by atoms with Gasteiger partial charge in [-0.05, 0) is 36.4 Å². The molecule has 0 saturated carbocycles. The number of nitrogens with one attached hydrogen (secondary N) is 1. The summed E-state index contributed by atoms with van der Waals surface area (Å²) in [4.78, 5) is 30.6. The molecule has 3 heterocycles. The molecule has 9 heteroatoms. The van der Waals surface area contributed by atoms with Crippen LogP contribution in [0, 0.1) is 5.92 Å². The molecule has 150 valence electrons. The fraction of sp³-hybridized carbons (Fsp3) is 0.300. The maximum absolute atomic E-state index is 12.3. The summed E-state index contributed by atoms with van der Waals surface area (Å²) in [6.07, 6.45) is 1.12. The third-order valence-electron chi connectivity index (χ3n) is 4.73. The van der Waals surface area contributed by atoms with Gasteiger partial charge in [-0.2, -0.15) is 16.3 Å². The molecule has 1 aliphatic rings. The maximum Gasteiger partial charge on any atom is 0.321 e. The Morgan fingerprint density at radius 2 is 2.00 bits per heavy atom. The molecule has 0 radical (unpaired) electrons. The molecule has 1 fully saturated rings. The van der Waals surface area contributed by atoms with E-state index in [0.717, 1.165) is 11.3 Å². The predicted molar refractivity (Wildman–Crippen MR) is 107 cm³/mol. The SMILES string of the molecule is O=C(OCc1nc(-c2ccsc2)no1)C1CCN(C(=O)Nc2ccccc2)CC1. The van der Waals surface area contributed by atoms with Gasteiger partial charge in [0.05, 0.1) is 5.92 Å². The van der Waals surface area contributed by atoms with Gasteiger partial charge in [-0.15, -0.1) is 0 Å². The molecule has 0 atom stereocenters. The van der Waals surface area contributed by atoms with E-state index < -0.39 is 0 Å². The van der Waals surface area contributed by atoms with Gasteiger partial charge in [-0.25, -0.2) is 4.79 Å². The Morgan fingerprint density at radius 3 is 2.72 bits per heavy atom. The molecule has 1 saturated heterocycles. The summed E-state index contributed by atoms with van der Waals surface area (Å²) >= 11 is 1.54. The number of aromatic nitrogens is 2. The van der Waals surface area contributed by atoms with Gasteiger partial charge in [0, 0.05) is 29.7 Å². The van der Waals surface area contributed by atoms with E-state index >= 15 is 0 Å². The molecule has 8 nitrogen and oxygen atoms in total. The Bertz CT molecular complexity index is 950. The zero-order valence-corrected chi connectivity index (χ0v) is 16.4. The molecule has 29 heavy (non-hydrogen) atoms. The Kier molecular flexibility index (Phi) is 5.85. The van der Waals surface area contributed by atoms with Crippen molar-refractivity contribution in [1.82, 2.24) is 15.0 Å². The zero-order chi connectivity index (χ0) is 20.1. The summed E-state index contributed by atoms with van der Waals surface area (Å²) in [5, 5.41) is 10.6. The Hall–Kier alpha value is -3.20. The summed E-state index contributed by atoms with van der Waals surface area (Å²) in [5.74, 6) is 0.202. The minimum absolute atomic E-state index is 0.0509. The van der Waals surface area contributed by atoms with Gasteiger partial charge in [0.2, 0.25) is 5.82 Å². The number of carbonyl (C=O) groups excluding carboxylic acids is 2. The van der Waals surface area contributed by atoms with Crippen LogP contribution in [0.3, 0.4) is 0 Å². The molecule has 0 aliphatic carbocycles. The van der Waals surface area contributed by atoms with Crippen LogP contribution in [0.4, 0.5) is 10.5 Å². The smallest absolute Gasteiger partial charge is 0.321 e. The van der Waals surface area contributed by atoms with E-state index in [9.17, 15) is 9.59 Å². The topological polar surface area (TPSA) is 97.6 Å². The average molecular weight is 412 g/mol. The molecule has 0 unspecified atom stereocenters. The molecule has 3 aromatic rings. The first-order valence-electron chi connectivity index (χ1n) is 9.32. The number of para-hydroxylation sites is 1. The molecule has 2 aromatic heterocycles. The Labute approximate surface area is 171 Å².